The smallest absolute Gasteiger partial charge is 0.125 e. The molecule has 1 fully saturated rings. The lowest BCUT2D eigenvalue weighted by Crippen LogP contribution is -2.42. The summed E-state index contributed by atoms with van der Waals surface area (Å²) < 4.78 is 1.17. The first-order valence-electron chi connectivity index (χ1n) is 10.3. The zero-order valence-corrected chi connectivity index (χ0v) is 17.7. The lowest BCUT2D eigenvalue weighted by molar-refractivity contribution is 0.182. The number of aromatic nitrogens is 2. The minimum absolute atomic E-state index is 0.583. The van der Waals surface area contributed by atoms with E-state index in [0.717, 1.165) is 27.5 Å². The van der Waals surface area contributed by atoms with Crippen LogP contribution in [0.5, 0.6) is 0 Å². The maximum atomic E-state index is 5.95. The van der Waals surface area contributed by atoms with E-state index in [-0.39, 0.29) is 0 Å². The number of nitrogens with two attached hydrogens (primary N) is 1. The first-order valence-corrected chi connectivity index (χ1v) is 11.9. The molecule has 2 aliphatic heterocycles. The highest BCUT2D eigenvalue weighted by Crippen LogP contribution is 2.41. The Morgan fingerprint density at radius 2 is 2.03 bits per heavy atom. The van der Waals surface area contributed by atoms with Crippen molar-refractivity contribution >= 4 is 54.4 Å². The van der Waals surface area contributed by atoms with Gasteiger partial charge in [0.2, 0.25) is 0 Å². The summed E-state index contributed by atoms with van der Waals surface area (Å²) in [5.74, 6) is 0. The Morgan fingerprint density at radius 3 is 3.00 bits per heavy atom. The van der Waals surface area contributed by atoms with Crippen LogP contribution in [0.3, 0.4) is 0 Å². The predicted molar refractivity (Wildman–Crippen MR) is 124 cm³/mol. The predicted octanol–water partition coefficient (Wildman–Crippen LogP) is 5.80. The number of thiophene rings is 1. The zero-order valence-electron chi connectivity index (χ0n) is 16.1. The van der Waals surface area contributed by atoms with Gasteiger partial charge in [0.1, 0.15) is 9.84 Å². The number of rotatable bonds is 2. The van der Waals surface area contributed by atoms with Gasteiger partial charge in [-0.2, -0.15) is 0 Å². The van der Waals surface area contributed by atoms with E-state index in [9.17, 15) is 0 Å². The van der Waals surface area contributed by atoms with Crippen LogP contribution >= 0.6 is 22.7 Å². The van der Waals surface area contributed by atoms with Crippen LogP contribution < -0.4 is 5.73 Å². The summed E-state index contributed by atoms with van der Waals surface area (Å²) in [6, 6.07) is 11.0. The van der Waals surface area contributed by atoms with Crippen molar-refractivity contribution in [3.8, 4) is 10.6 Å². The summed E-state index contributed by atoms with van der Waals surface area (Å²) in [4.78, 5) is 14.7. The average Bonchev–Trinajstić information content (AvgIpc) is 3.36. The van der Waals surface area contributed by atoms with Crippen molar-refractivity contribution in [1.82, 2.24) is 14.9 Å². The first-order chi connectivity index (χ1) is 14.3. The van der Waals surface area contributed by atoms with Crippen molar-refractivity contribution in [3.63, 3.8) is 0 Å². The number of fused-ring (bicyclic) bond motifs is 3. The van der Waals surface area contributed by atoms with Crippen molar-refractivity contribution in [2.24, 2.45) is 0 Å². The van der Waals surface area contributed by atoms with Crippen molar-refractivity contribution in [2.45, 2.75) is 31.7 Å². The van der Waals surface area contributed by atoms with Crippen LogP contribution in [-0.4, -0.2) is 34.0 Å². The van der Waals surface area contributed by atoms with Gasteiger partial charge >= 0.3 is 0 Å². The third-order valence-corrected chi connectivity index (χ3v) is 8.28. The zero-order chi connectivity index (χ0) is 19.4. The van der Waals surface area contributed by atoms with Crippen molar-refractivity contribution < 1.29 is 0 Å². The molecule has 3 aromatic heterocycles. The Labute approximate surface area is 177 Å². The Bertz CT molecular complexity index is 1250. The number of nitrogen functional groups attached to an aromatic ring is 1. The lowest BCUT2D eigenvalue weighted by atomic mass is 9.90. The molecular weight excluding hydrogens is 396 g/mol. The van der Waals surface area contributed by atoms with Gasteiger partial charge in [-0.05, 0) is 61.7 Å². The fourth-order valence-corrected chi connectivity index (χ4v) is 6.83. The van der Waals surface area contributed by atoms with Crippen molar-refractivity contribution in [3.05, 3.63) is 47.5 Å². The van der Waals surface area contributed by atoms with E-state index >= 15 is 0 Å². The summed E-state index contributed by atoms with van der Waals surface area (Å²) in [6.07, 6.45) is 9.49. The van der Waals surface area contributed by atoms with Crippen LogP contribution in [0.25, 0.3) is 36.6 Å². The minimum Gasteiger partial charge on any atom is -0.399 e. The molecule has 5 heterocycles. The topological polar surface area (TPSA) is 55.0 Å². The van der Waals surface area contributed by atoms with Gasteiger partial charge in [-0.3, -0.25) is 4.90 Å². The van der Waals surface area contributed by atoms with Gasteiger partial charge in [0.05, 0.1) is 10.2 Å². The standard InChI is InChI=1S/C23H22N4S2/c24-14-6-7-20-18(12-14)26-23(28-20)15-8-9-25-22-17(15)13-21(29-22)16-4-3-11-27-10-2-1-5-19(16)27/h4,6-9,12-13,19H,1-3,5,10-11,24H2. The molecule has 146 valence electrons. The second-order valence-corrected chi connectivity index (χ2v) is 9.99. The molecule has 0 spiro atoms. The van der Waals surface area contributed by atoms with Crippen LogP contribution in [0.2, 0.25) is 0 Å². The second kappa shape index (κ2) is 6.90. The molecule has 1 atom stereocenters. The third-order valence-electron chi connectivity index (χ3n) is 6.12. The van der Waals surface area contributed by atoms with Gasteiger partial charge in [0, 0.05) is 40.3 Å². The number of hydrogen-bond donors (Lipinski definition) is 1. The van der Waals surface area contributed by atoms with E-state index in [1.807, 2.05) is 29.7 Å². The minimum atomic E-state index is 0.583. The summed E-state index contributed by atoms with van der Waals surface area (Å²) in [7, 11) is 0. The Hall–Kier alpha value is -2.28. The highest BCUT2D eigenvalue weighted by molar-refractivity contribution is 7.22. The molecule has 1 saturated heterocycles. The molecule has 6 heteroatoms. The molecule has 0 saturated carbocycles. The quantitative estimate of drug-likeness (QED) is 0.418. The van der Waals surface area contributed by atoms with Crippen LogP contribution in [-0.2, 0) is 0 Å². The number of nitrogens with zero attached hydrogens (tertiary/aromatic N) is 3. The van der Waals surface area contributed by atoms with E-state index in [1.54, 1.807) is 11.3 Å². The van der Waals surface area contributed by atoms with E-state index < -0.39 is 0 Å². The highest BCUT2D eigenvalue weighted by atomic mass is 32.1. The number of benzene rings is 1. The molecule has 1 unspecified atom stereocenters. The van der Waals surface area contributed by atoms with E-state index in [0.29, 0.717) is 6.04 Å². The van der Waals surface area contributed by atoms with Crippen molar-refractivity contribution in [2.75, 3.05) is 18.8 Å². The lowest BCUT2D eigenvalue weighted by Gasteiger charge is -2.39. The van der Waals surface area contributed by atoms with E-state index in [4.69, 9.17) is 10.7 Å². The fourth-order valence-electron chi connectivity index (χ4n) is 4.73. The number of hydrogen-bond acceptors (Lipinski definition) is 6. The number of thiazole rings is 1. The maximum Gasteiger partial charge on any atom is 0.125 e. The molecule has 0 bridgehead atoms. The Balaban J connectivity index is 1.46. The third kappa shape index (κ3) is 2.98. The van der Waals surface area contributed by atoms with Gasteiger partial charge < -0.3 is 5.73 Å². The van der Waals surface area contributed by atoms with Crippen molar-refractivity contribution in [1.29, 1.82) is 0 Å². The van der Waals surface area contributed by atoms with Gasteiger partial charge in [-0.1, -0.05) is 12.5 Å². The summed E-state index contributed by atoms with van der Waals surface area (Å²) >= 11 is 3.55. The number of piperidine rings is 1. The Kier molecular flexibility index (Phi) is 4.18. The van der Waals surface area contributed by atoms with Gasteiger partial charge in [0.25, 0.3) is 0 Å². The molecule has 4 nitrogen and oxygen atoms in total. The molecule has 0 amide bonds. The maximum absolute atomic E-state index is 5.95. The van der Waals surface area contributed by atoms with E-state index in [2.05, 4.69) is 34.2 Å². The summed E-state index contributed by atoms with van der Waals surface area (Å²) in [5.41, 5.74) is 10.4. The average molecular weight is 419 g/mol. The van der Waals surface area contributed by atoms with Crippen LogP contribution in [0.1, 0.15) is 30.6 Å². The van der Waals surface area contributed by atoms with Gasteiger partial charge in [-0.15, -0.1) is 22.7 Å². The normalized spacial score (nSPS) is 20.1. The Morgan fingerprint density at radius 1 is 1.07 bits per heavy atom. The monoisotopic (exact) mass is 418 g/mol. The molecule has 1 aromatic carbocycles. The molecule has 2 N–H and O–H groups in total. The SMILES string of the molecule is Nc1ccc2sc(-c3ccnc4sc(C5=CCCN6CCCCC56)cc34)nc2c1. The largest absolute Gasteiger partial charge is 0.399 e. The first kappa shape index (κ1) is 17.6. The molecule has 2 aliphatic rings. The van der Waals surface area contributed by atoms with Gasteiger partial charge in [0.15, 0.2) is 0 Å². The molecule has 4 aromatic rings. The van der Waals surface area contributed by atoms with Crippen LogP contribution in [0, 0.1) is 0 Å². The van der Waals surface area contributed by atoms with Gasteiger partial charge in [-0.25, -0.2) is 9.97 Å². The highest BCUT2D eigenvalue weighted by Gasteiger charge is 2.29. The molecule has 6 rings (SSSR count). The van der Waals surface area contributed by atoms with Crippen LogP contribution in [0.4, 0.5) is 5.69 Å². The molecule has 0 aliphatic carbocycles. The second-order valence-electron chi connectivity index (χ2n) is 7.93. The fraction of sp³-hybridized carbons (Fsp3) is 0.304. The molecular formula is C23H22N4S2. The number of anilines is 1. The van der Waals surface area contributed by atoms with Crippen LogP contribution in [0.15, 0.2) is 42.6 Å². The van der Waals surface area contributed by atoms with E-state index in [1.165, 1.54) is 58.5 Å². The summed E-state index contributed by atoms with van der Waals surface area (Å²) in [5, 5.41) is 2.26. The number of pyridine rings is 1. The molecule has 29 heavy (non-hydrogen) atoms. The summed E-state index contributed by atoms with van der Waals surface area (Å²) in [6.45, 7) is 2.45. The molecule has 0 radical (unpaired) electrons.